The van der Waals surface area contributed by atoms with E-state index in [0.29, 0.717) is 11.6 Å². The summed E-state index contributed by atoms with van der Waals surface area (Å²) in [4.78, 5) is 20.1. The summed E-state index contributed by atoms with van der Waals surface area (Å²) in [6, 6.07) is 6.15. The number of anilines is 2. The fourth-order valence-corrected chi connectivity index (χ4v) is 1.61. The zero-order valence-corrected chi connectivity index (χ0v) is 11.0. The van der Waals surface area contributed by atoms with Crippen molar-refractivity contribution in [2.75, 3.05) is 18.2 Å². The number of hydrogen-bond donors (Lipinski definition) is 3. The molecule has 0 aliphatic carbocycles. The number of aromatic hydroxyl groups is 1. The van der Waals surface area contributed by atoms with Crippen LogP contribution < -0.4 is 15.8 Å². The molecule has 4 N–H and O–H groups in total. The first-order valence-electron chi connectivity index (χ1n) is 5.79. The number of methoxy groups -OCH3 is 1. The smallest absolute Gasteiger partial charge is 0.261 e. The number of phenolic OH excluding ortho intramolecular Hbond substituents is 1. The van der Waals surface area contributed by atoms with E-state index in [2.05, 4.69) is 15.3 Å². The number of rotatable bonds is 3. The predicted molar refractivity (Wildman–Crippen MR) is 73.8 cm³/mol. The van der Waals surface area contributed by atoms with Crippen LogP contribution in [0, 0.1) is 6.92 Å². The van der Waals surface area contributed by atoms with Crippen molar-refractivity contribution in [1.82, 2.24) is 9.97 Å². The first-order chi connectivity index (χ1) is 9.51. The third-order valence-electron chi connectivity index (χ3n) is 2.58. The van der Waals surface area contributed by atoms with Crippen LogP contribution in [0.3, 0.4) is 0 Å². The summed E-state index contributed by atoms with van der Waals surface area (Å²) in [7, 11) is 1.47. The molecule has 1 aromatic carbocycles. The summed E-state index contributed by atoms with van der Waals surface area (Å²) in [5, 5.41) is 12.2. The van der Waals surface area contributed by atoms with E-state index >= 15 is 0 Å². The van der Waals surface area contributed by atoms with Gasteiger partial charge >= 0.3 is 0 Å². The lowest BCUT2D eigenvalue weighted by atomic mass is 10.1. The number of nitrogens with zero attached hydrogens (tertiary/aromatic N) is 2. The number of aryl methyl sites for hydroxylation is 1. The van der Waals surface area contributed by atoms with E-state index in [1.54, 1.807) is 19.1 Å². The van der Waals surface area contributed by atoms with Gasteiger partial charge in [0.25, 0.3) is 5.91 Å². The van der Waals surface area contributed by atoms with Crippen molar-refractivity contribution in [3.05, 3.63) is 35.5 Å². The summed E-state index contributed by atoms with van der Waals surface area (Å²) < 4.78 is 4.99. The van der Waals surface area contributed by atoms with Gasteiger partial charge in [-0.25, -0.2) is 4.98 Å². The van der Waals surface area contributed by atoms with Gasteiger partial charge in [0.1, 0.15) is 0 Å². The molecule has 7 heteroatoms. The first kappa shape index (κ1) is 13.6. The van der Waals surface area contributed by atoms with Crippen molar-refractivity contribution in [2.24, 2.45) is 0 Å². The number of hydrogen-bond acceptors (Lipinski definition) is 6. The maximum atomic E-state index is 12.1. The lowest BCUT2D eigenvalue weighted by Crippen LogP contribution is -2.15. The highest BCUT2D eigenvalue weighted by Gasteiger charge is 2.14. The average molecular weight is 274 g/mol. The summed E-state index contributed by atoms with van der Waals surface area (Å²) >= 11 is 0. The molecule has 0 radical (unpaired) electrons. The third-order valence-corrected chi connectivity index (χ3v) is 2.58. The highest BCUT2D eigenvalue weighted by molar-refractivity contribution is 6.06. The van der Waals surface area contributed by atoms with Gasteiger partial charge in [-0.1, -0.05) is 6.07 Å². The number of aromatic nitrogens is 2. The Bertz CT molecular complexity index is 658. The van der Waals surface area contributed by atoms with Gasteiger partial charge in [0, 0.05) is 11.8 Å². The minimum Gasteiger partial charge on any atom is -0.505 e. The summed E-state index contributed by atoms with van der Waals surface area (Å²) in [6.07, 6.45) is 0. The highest BCUT2D eigenvalue weighted by Crippen LogP contribution is 2.25. The fraction of sp³-hybridized carbons (Fsp3) is 0.154. The fourth-order valence-electron chi connectivity index (χ4n) is 1.61. The molecule has 0 aliphatic heterocycles. The largest absolute Gasteiger partial charge is 0.505 e. The number of para-hydroxylation sites is 1. The van der Waals surface area contributed by atoms with Crippen LogP contribution in [0.5, 0.6) is 11.6 Å². The molecule has 0 unspecified atom stereocenters. The minimum absolute atomic E-state index is 0.0501. The molecule has 0 aliphatic rings. The van der Waals surface area contributed by atoms with Gasteiger partial charge in [0.15, 0.2) is 5.75 Å². The van der Waals surface area contributed by atoms with Gasteiger partial charge in [0.2, 0.25) is 11.8 Å². The zero-order chi connectivity index (χ0) is 14.7. The van der Waals surface area contributed by atoms with Gasteiger partial charge in [-0.05, 0) is 19.1 Å². The van der Waals surface area contributed by atoms with E-state index in [-0.39, 0.29) is 22.9 Å². The van der Waals surface area contributed by atoms with E-state index in [9.17, 15) is 9.90 Å². The molecule has 7 nitrogen and oxygen atoms in total. The Hall–Kier alpha value is -2.83. The van der Waals surface area contributed by atoms with Crippen molar-refractivity contribution >= 4 is 17.5 Å². The number of benzene rings is 1. The molecule has 1 aromatic heterocycles. The molecule has 0 fully saturated rings. The number of carbonyl (C=O) groups excluding carboxylic acids is 1. The Kier molecular flexibility index (Phi) is 3.69. The SMILES string of the molecule is COc1cc(C)nc(NC(=O)c2cccc(N)c2O)n1. The van der Waals surface area contributed by atoms with Crippen LogP contribution in [0.25, 0.3) is 0 Å². The van der Waals surface area contributed by atoms with Crippen LogP contribution in [-0.2, 0) is 0 Å². The van der Waals surface area contributed by atoms with Gasteiger partial charge in [-0.2, -0.15) is 4.98 Å². The molecular weight excluding hydrogens is 260 g/mol. The topological polar surface area (TPSA) is 110 Å². The number of ether oxygens (including phenoxy) is 1. The molecule has 1 amide bonds. The lowest BCUT2D eigenvalue weighted by molar-refractivity contribution is 0.102. The van der Waals surface area contributed by atoms with Crippen molar-refractivity contribution < 1.29 is 14.6 Å². The molecule has 0 bridgehead atoms. The molecule has 20 heavy (non-hydrogen) atoms. The average Bonchev–Trinajstić information content (AvgIpc) is 2.41. The molecule has 0 spiro atoms. The number of nitrogens with one attached hydrogen (secondary N) is 1. The highest BCUT2D eigenvalue weighted by atomic mass is 16.5. The summed E-state index contributed by atoms with van der Waals surface area (Å²) in [6.45, 7) is 1.75. The second-order valence-electron chi connectivity index (χ2n) is 4.07. The van der Waals surface area contributed by atoms with Crippen molar-refractivity contribution in [1.29, 1.82) is 0 Å². The number of nitrogens with two attached hydrogens (primary N) is 1. The Morgan fingerprint density at radius 3 is 2.85 bits per heavy atom. The second-order valence-corrected chi connectivity index (χ2v) is 4.07. The molecule has 104 valence electrons. The quantitative estimate of drug-likeness (QED) is 0.575. The van der Waals surface area contributed by atoms with Crippen molar-refractivity contribution in [3.63, 3.8) is 0 Å². The standard InChI is InChI=1S/C13H14N4O3/c1-7-6-10(20-2)16-13(15-7)17-12(19)8-4-3-5-9(14)11(8)18/h3-6,18H,14H2,1-2H3,(H,15,16,17,19). The minimum atomic E-state index is -0.553. The molecule has 1 heterocycles. The van der Waals surface area contributed by atoms with Crippen LogP contribution in [-0.4, -0.2) is 28.1 Å². The Morgan fingerprint density at radius 1 is 1.40 bits per heavy atom. The zero-order valence-electron chi connectivity index (χ0n) is 11.0. The molecule has 0 saturated carbocycles. The van der Waals surface area contributed by atoms with Gasteiger partial charge in [-0.15, -0.1) is 0 Å². The van der Waals surface area contributed by atoms with Crippen LogP contribution in [0.15, 0.2) is 24.3 Å². The van der Waals surface area contributed by atoms with E-state index < -0.39 is 5.91 Å². The number of nitrogen functional groups attached to an aromatic ring is 1. The van der Waals surface area contributed by atoms with E-state index in [0.717, 1.165) is 0 Å². The molecule has 2 aromatic rings. The van der Waals surface area contributed by atoms with Crippen LogP contribution in [0.1, 0.15) is 16.1 Å². The molecular formula is C13H14N4O3. The van der Waals surface area contributed by atoms with Crippen molar-refractivity contribution in [2.45, 2.75) is 6.92 Å². The number of phenols is 1. The number of carbonyl (C=O) groups is 1. The Balaban J connectivity index is 2.28. The number of amides is 1. The van der Waals surface area contributed by atoms with Gasteiger partial charge < -0.3 is 15.6 Å². The third kappa shape index (κ3) is 2.77. The van der Waals surface area contributed by atoms with Gasteiger partial charge in [0.05, 0.1) is 18.4 Å². The van der Waals surface area contributed by atoms with Crippen LogP contribution >= 0.6 is 0 Å². The first-order valence-corrected chi connectivity index (χ1v) is 5.79. The van der Waals surface area contributed by atoms with Crippen LogP contribution in [0.2, 0.25) is 0 Å². The lowest BCUT2D eigenvalue weighted by Gasteiger charge is -2.08. The summed E-state index contributed by atoms with van der Waals surface area (Å²) in [5.74, 6) is -0.398. The maximum Gasteiger partial charge on any atom is 0.261 e. The van der Waals surface area contributed by atoms with Gasteiger partial charge in [-0.3, -0.25) is 10.1 Å². The van der Waals surface area contributed by atoms with Crippen molar-refractivity contribution in [3.8, 4) is 11.6 Å². The Morgan fingerprint density at radius 2 is 2.15 bits per heavy atom. The normalized spacial score (nSPS) is 10.1. The van der Waals surface area contributed by atoms with Crippen LogP contribution in [0.4, 0.5) is 11.6 Å². The monoisotopic (exact) mass is 274 g/mol. The molecule has 0 atom stereocenters. The van der Waals surface area contributed by atoms with E-state index in [1.165, 1.54) is 19.2 Å². The Labute approximate surface area is 115 Å². The van der Waals surface area contributed by atoms with E-state index in [4.69, 9.17) is 10.5 Å². The van der Waals surface area contributed by atoms with E-state index in [1.807, 2.05) is 0 Å². The maximum absolute atomic E-state index is 12.1. The second kappa shape index (κ2) is 5.43. The molecule has 0 saturated heterocycles. The molecule has 2 rings (SSSR count). The summed E-state index contributed by atoms with van der Waals surface area (Å²) in [5.41, 5.74) is 6.36. The predicted octanol–water partition coefficient (Wildman–Crippen LogP) is 1.33.